The van der Waals surface area contributed by atoms with Crippen LogP contribution in [0.1, 0.15) is 38.1 Å². The third-order valence-electron chi connectivity index (χ3n) is 6.15. The van der Waals surface area contributed by atoms with Crippen molar-refractivity contribution in [3.05, 3.63) is 84.4 Å². The van der Waals surface area contributed by atoms with Crippen molar-refractivity contribution in [1.29, 1.82) is 0 Å². The Morgan fingerprint density at radius 3 is 1.97 bits per heavy atom. The average Bonchev–Trinajstić information content (AvgIpc) is 3.02. The van der Waals surface area contributed by atoms with E-state index in [0.717, 1.165) is 5.46 Å². The van der Waals surface area contributed by atoms with Crippen LogP contribution in [0.15, 0.2) is 88.7 Å². The fraction of sp³-hybridized carbons (Fsp3) is 0.240. The van der Waals surface area contributed by atoms with E-state index < -0.39 is 28.2 Å². The number of amides is 1. The van der Waals surface area contributed by atoms with Gasteiger partial charge >= 0.3 is 7.12 Å². The monoisotopic (exact) mass is 463 g/mol. The molecule has 1 saturated heterocycles. The first-order chi connectivity index (χ1) is 15.5. The molecule has 1 fully saturated rings. The van der Waals surface area contributed by atoms with Crippen molar-refractivity contribution >= 4 is 34.0 Å². The predicted molar refractivity (Wildman–Crippen MR) is 128 cm³/mol. The quantitative estimate of drug-likeness (QED) is 0.577. The summed E-state index contributed by atoms with van der Waals surface area (Å²) in [6, 6.07) is 21.4. The van der Waals surface area contributed by atoms with Crippen LogP contribution in [0.5, 0.6) is 0 Å². The smallest absolute Gasteiger partial charge is 0.399 e. The normalized spacial score (nSPS) is 17.0. The Hall–Kier alpha value is -2.94. The van der Waals surface area contributed by atoms with E-state index in [1.54, 1.807) is 60.7 Å². The molecule has 0 aromatic heterocycles. The summed E-state index contributed by atoms with van der Waals surface area (Å²) in [6.07, 6.45) is 0. The summed E-state index contributed by atoms with van der Waals surface area (Å²) in [5, 5.41) is 2.81. The second-order valence-electron chi connectivity index (χ2n) is 9.01. The SMILES string of the molecule is CC1(C)OB(c2cccc(C(=O)Nc3ccc(S(=O)(=O)c4ccccc4)cc3)c2)OC1(C)C. The van der Waals surface area contributed by atoms with Crippen LogP contribution in [0, 0.1) is 0 Å². The van der Waals surface area contributed by atoms with E-state index in [4.69, 9.17) is 9.31 Å². The largest absolute Gasteiger partial charge is 0.494 e. The number of carbonyl (C=O) groups excluding carboxylic acids is 1. The highest BCUT2D eigenvalue weighted by molar-refractivity contribution is 7.91. The summed E-state index contributed by atoms with van der Waals surface area (Å²) < 4.78 is 37.6. The van der Waals surface area contributed by atoms with E-state index in [2.05, 4.69) is 5.32 Å². The maximum Gasteiger partial charge on any atom is 0.494 e. The molecule has 0 spiro atoms. The molecule has 0 unspecified atom stereocenters. The summed E-state index contributed by atoms with van der Waals surface area (Å²) in [6.45, 7) is 7.91. The first kappa shape index (κ1) is 23.2. The highest BCUT2D eigenvalue weighted by atomic mass is 32.2. The van der Waals surface area contributed by atoms with Gasteiger partial charge in [-0.1, -0.05) is 30.3 Å². The minimum atomic E-state index is -3.61. The number of sulfone groups is 1. The second-order valence-corrected chi connectivity index (χ2v) is 11.0. The lowest BCUT2D eigenvalue weighted by molar-refractivity contribution is 0.00578. The minimum Gasteiger partial charge on any atom is -0.399 e. The lowest BCUT2D eigenvalue weighted by atomic mass is 9.78. The third kappa shape index (κ3) is 4.60. The number of anilines is 1. The fourth-order valence-corrected chi connectivity index (χ4v) is 4.74. The molecule has 4 rings (SSSR count). The highest BCUT2D eigenvalue weighted by Crippen LogP contribution is 2.36. The van der Waals surface area contributed by atoms with Crippen LogP contribution >= 0.6 is 0 Å². The van der Waals surface area contributed by atoms with Gasteiger partial charge in [0.05, 0.1) is 21.0 Å². The van der Waals surface area contributed by atoms with Crippen LogP contribution in [0.4, 0.5) is 5.69 Å². The fourth-order valence-electron chi connectivity index (χ4n) is 3.46. The third-order valence-corrected chi connectivity index (χ3v) is 7.94. The molecule has 0 bridgehead atoms. The highest BCUT2D eigenvalue weighted by Gasteiger charge is 2.51. The van der Waals surface area contributed by atoms with Crippen molar-refractivity contribution in [2.75, 3.05) is 5.32 Å². The molecule has 1 N–H and O–H groups in total. The van der Waals surface area contributed by atoms with Crippen LogP contribution in [0.2, 0.25) is 0 Å². The summed E-state index contributed by atoms with van der Waals surface area (Å²) in [7, 11) is -4.18. The molecule has 3 aromatic rings. The molecule has 0 saturated carbocycles. The van der Waals surface area contributed by atoms with Gasteiger partial charge in [-0.3, -0.25) is 4.79 Å². The van der Waals surface area contributed by atoms with Crippen LogP contribution in [0.25, 0.3) is 0 Å². The van der Waals surface area contributed by atoms with Gasteiger partial charge in [0.25, 0.3) is 5.91 Å². The zero-order valence-corrected chi connectivity index (χ0v) is 19.8. The number of benzene rings is 3. The molecule has 33 heavy (non-hydrogen) atoms. The van der Waals surface area contributed by atoms with Gasteiger partial charge in [0, 0.05) is 11.3 Å². The van der Waals surface area contributed by atoms with Crippen LogP contribution in [0.3, 0.4) is 0 Å². The maximum absolute atomic E-state index is 12.8. The molecule has 0 atom stereocenters. The standard InChI is InChI=1S/C25H26BNO5S/c1-24(2)25(3,4)32-26(31-24)19-10-8-9-18(17-19)23(28)27-20-13-15-22(16-14-20)33(29,30)21-11-6-5-7-12-21/h5-17H,1-4H3,(H,27,28). The zero-order valence-electron chi connectivity index (χ0n) is 19.0. The van der Waals surface area contributed by atoms with Gasteiger partial charge in [-0.2, -0.15) is 0 Å². The first-order valence-corrected chi connectivity index (χ1v) is 12.2. The Balaban J connectivity index is 1.49. The lowest BCUT2D eigenvalue weighted by Crippen LogP contribution is -2.41. The first-order valence-electron chi connectivity index (χ1n) is 10.7. The van der Waals surface area contributed by atoms with Crippen molar-refractivity contribution in [1.82, 2.24) is 0 Å². The van der Waals surface area contributed by atoms with Gasteiger partial charge in [0.1, 0.15) is 0 Å². The molecule has 0 aliphatic carbocycles. The molecule has 8 heteroatoms. The van der Waals surface area contributed by atoms with Crippen molar-refractivity contribution in [2.45, 2.75) is 48.7 Å². The summed E-state index contributed by atoms with van der Waals surface area (Å²) in [5.74, 6) is -0.313. The Bertz CT molecular complexity index is 1260. The summed E-state index contributed by atoms with van der Waals surface area (Å²) in [4.78, 5) is 13.2. The van der Waals surface area contributed by atoms with Crippen LogP contribution < -0.4 is 10.8 Å². The molecule has 1 amide bonds. The molecule has 1 aliphatic heterocycles. The number of nitrogens with one attached hydrogen (secondary N) is 1. The molecule has 0 radical (unpaired) electrons. The number of carbonyl (C=O) groups is 1. The van der Waals surface area contributed by atoms with E-state index in [-0.39, 0.29) is 15.7 Å². The van der Waals surface area contributed by atoms with Gasteiger partial charge in [-0.15, -0.1) is 0 Å². The number of hydrogen-bond acceptors (Lipinski definition) is 5. The van der Waals surface area contributed by atoms with Crippen molar-refractivity contribution < 1.29 is 22.5 Å². The Morgan fingerprint density at radius 2 is 1.36 bits per heavy atom. The number of hydrogen-bond donors (Lipinski definition) is 1. The molecule has 6 nitrogen and oxygen atoms in total. The molecule has 170 valence electrons. The van der Waals surface area contributed by atoms with Gasteiger partial charge < -0.3 is 14.6 Å². The van der Waals surface area contributed by atoms with Crippen molar-refractivity contribution in [3.8, 4) is 0 Å². The van der Waals surface area contributed by atoms with Crippen molar-refractivity contribution in [2.24, 2.45) is 0 Å². The molecular formula is C25H26BNO5S. The van der Waals surface area contributed by atoms with E-state index in [0.29, 0.717) is 11.3 Å². The zero-order chi connectivity index (χ0) is 23.9. The Morgan fingerprint density at radius 1 is 0.788 bits per heavy atom. The molecular weight excluding hydrogens is 437 g/mol. The van der Waals surface area contributed by atoms with E-state index >= 15 is 0 Å². The van der Waals surface area contributed by atoms with E-state index in [9.17, 15) is 13.2 Å². The topological polar surface area (TPSA) is 81.7 Å². The second kappa shape index (κ2) is 8.45. The number of rotatable bonds is 5. The Kier molecular flexibility index (Phi) is 5.95. The lowest BCUT2D eigenvalue weighted by Gasteiger charge is -2.32. The molecule has 1 heterocycles. The average molecular weight is 463 g/mol. The van der Waals surface area contributed by atoms with Crippen LogP contribution in [-0.4, -0.2) is 32.6 Å². The van der Waals surface area contributed by atoms with Gasteiger partial charge in [-0.05, 0) is 81.7 Å². The van der Waals surface area contributed by atoms with Crippen molar-refractivity contribution in [3.63, 3.8) is 0 Å². The summed E-state index contributed by atoms with van der Waals surface area (Å²) in [5.41, 5.74) is 0.747. The van der Waals surface area contributed by atoms with E-state index in [1.165, 1.54) is 12.1 Å². The van der Waals surface area contributed by atoms with E-state index in [1.807, 2.05) is 33.8 Å². The Labute approximate surface area is 195 Å². The summed E-state index contributed by atoms with van der Waals surface area (Å²) >= 11 is 0. The van der Waals surface area contributed by atoms with Crippen LogP contribution in [-0.2, 0) is 19.1 Å². The van der Waals surface area contributed by atoms with Gasteiger partial charge in [0.15, 0.2) is 0 Å². The maximum atomic E-state index is 12.8. The minimum absolute atomic E-state index is 0.162. The van der Waals surface area contributed by atoms with Gasteiger partial charge in [0.2, 0.25) is 9.84 Å². The molecule has 3 aromatic carbocycles. The van der Waals surface area contributed by atoms with Gasteiger partial charge in [-0.25, -0.2) is 8.42 Å². The predicted octanol–water partition coefficient (Wildman–Crippen LogP) is 4.07. The molecule has 1 aliphatic rings.